The van der Waals surface area contributed by atoms with Crippen LogP contribution < -0.4 is 16.0 Å². The van der Waals surface area contributed by atoms with Crippen LogP contribution in [-0.4, -0.2) is 75.0 Å². The van der Waals surface area contributed by atoms with Crippen molar-refractivity contribution in [1.29, 1.82) is 0 Å². The smallest absolute Gasteiger partial charge is 0.270 e. The standard InChI is InChI=1S/C33H49N7O3/c1-21(22-7-5-8-22)36-31(43)33(16-18-39(3)20-33)24-11-12-26(34-19-24)37-30(42)28(38-29(41)25-13-17-35-40(25)4)27(23-9-6-10-23)32(2)14-15-32/h11-13,17,19,21-23,27-28,31,36,43H,5-10,14-16,18,20H2,1-4H3,(H,38,41)(H,34,37,42)/t21?,27?,28-,31?,33?/m0/s1. The van der Waals surface area contributed by atoms with E-state index in [0.717, 1.165) is 50.8 Å². The summed E-state index contributed by atoms with van der Waals surface area (Å²) in [5.41, 5.74) is 0.969. The average Bonchev–Trinajstić information content (AvgIpc) is 3.30. The van der Waals surface area contributed by atoms with Crippen LogP contribution in [0, 0.1) is 23.2 Å². The van der Waals surface area contributed by atoms with Crippen molar-refractivity contribution in [3.63, 3.8) is 0 Å². The normalized spacial score (nSPS) is 26.5. The molecule has 3 heterocycles. The van der Waals surface area contributed by atoms with Gasteiger partial charge in [0.2, 0.25) is 5.91 Å². The summed E-state index contributed by atoms with van der Waals surface area (Å²) < 4.78 is 1.54. The zero-order valence-electron chi connectivity index (χ0n) is 26.2. The maximum atomic E-state index is 14.0. The van der Waals surface area contributed by atoms with Gasteiger partial charge in [-0.3, -0.25) is 19.6 Å². The highest BCUT2D eigenvalue weighted by molar-refractivity contribution is 6.00. The number of aromatic nitrogens is 3. The third-order valence-electron chi connectivity index (χ3n) is 11.4. The van der Waals surface area contributed by atoms with Crippen LogP contribution in [0.4, 0.5) is 5.82 Å². The van der Waals surface area contributed by atoms with Crippen molar-refractivity contribution in [3.05, 3.63) is 41.9 Å². The molecule has 4 aliphatic rings. The monoisotopic (exact) mass is 591 g/mol. The zero-order valence-corrected chi connectivity index (χ0v) is 26.2. The van der Waals surface area contributed by atoms with Crippen LogP contribution in [-0.2, 0) is 17.3 Å². The minimum Gasteiger partial charge on any atom is -0.378 e. The van der Waals surface area contributed by atoms with Crippen LogP contribution in [0.3, 0.4) is 0 Å². The molecule has 1 aliphatic heterocycles. The van der Waals surface area contributed by atoms with Crippen LogP contribution in [0.5, 0.6) is 0 Å². The van der Waals surface area contributed by atoms with Gasteiger partial charge in [-0.15, -0.1) is 0 Å². The van der Waals surface area contributed by atoms with Crippen molar-refractivity contribution in [2.75, 3.05) is 25.5 Å². The molecular formula is C33H49N7O3. The van der Waals surface area contributed by atoms with Crippen molar-refractivity contribution in [1.82, 2.24) is 30.3 Å². The summed E-state index contributed by atoms with van der Waals surface area (Å²) in [5, 5.41) is 25.3. The maximum Gasteiger partial charge on any atom is 0.270 e. The fourth-order valence-electron chi connectivity index (χ4n) is 7.80. The number of hydrogen-bond donors (Lipinski definition) is 4. The second-order valence-electron chi connectivity index (χ2n) is 14.3. The number of likely N-dealkylation sites (tertiary alicyclic amines) is 1. The number of aryl methyl sites for hydroxylation is 1. The number of carbonyl (C=O) groups excluding carboxylic acids is 2. The molecule has 4 N–H and O–H groups in total. The quantitative estimate of drug-likeness (QED) is 0.279. The van der Waals surface area contributed by atoms with Crippen molar-refractivity contribution >= 4 is 17.6 Å². The second-order valence-corrected chi connectivity index (χ2v) is 14.3. The van der Waals surface area contributed by atoms with Gasteiger partial charge in [0, 0.05) is 32.0 Å². The Morgan fingerprint density at radius 3 is 2.28 bits per heavy atom. The number of hydrogen-bond acceptors (Lipinski definition) is 7. The highest BCUT2D eigenvalue weighted by Crippen LogP contribution is 2.58. The number of pyridine rings is 1. The fourth-order valence-corrected chi connectivity index (χ4v) is 7.80. The van der Waals surface area contributed by atoms with Crippen molar-refractivity contribution in [3.8, 4) is 0 Å². The highest BCUT2D eigenvalue weighted by atomic mass is 16.3. The molecule has 1 saturated heterocycles. The molecule has 4 unspecified atom stereocenters. The highest BCUT2D eigenvalue weighted by Gasteiger charge is 2.54. The molecule has 3 saturated carbocycles. The van der Waals surface area contributed by atoms with Crippen molar-refractivity contribution in [2.24, 2.45) is 30.2 Å². The largest absolute Gasteiger partial charge is 0.378 e. The number of nitrogens with one attached hydrogen (secondary N) is 3. The van der Waals surface area contributed by atoms with E-state index in [1.54, 1.807) is 19.3 Å². The number of amides is 2. The third-order valence-corrected chi connectivity index (χ3v) is 11.4. The van der Waals surface area contributed by atoms with Crippen LogP contribution in [0.2, 0.25) is 0 Å². The number of anilines is 1. The first-order valence-corrected chi connectivity index (χ1v) is 16.3. The minimum atomic E-state index is -0.690. The molecule has 4 fully saturated rings. The van der Waals surface area contributed by atoms with Gasteiger partial charge < -0.3 is 20.6 Å². The molecule has 5 atom stereocenters. The predicted octanol–water partition coefficient (Wildman–Crippen LogP) is 3.44. The van der Waals surface area contributed by atoms with Gasteiger partial charge in [0.15, 0.2) is 0 Å². The van der Waals surface area contributed by atoms with Crippen LogP contribution >= 0.6 is 0 Å². The lowest BCUT2D eigenvalue weighted by Gasteiger charge is -2.42. The summed E-state index contributed by atoms with van der Waals surface area (Å²) in [7, 11) is 3.82. The Kier molecular flexibility index (Phi) is 8.39. The maximum absolute atomic E-state index is 14.0. The topological polar surface area (TPSA) is 124 Å². The predicted molar refractivity (Wildman–Crippen MR) is 165 cm³/mol. The number of carbonyl (C=O) groups is 2. The fraction of sp³-hybridized carbons (Fsp3) is 0.697. The number of likely N-dealkylation sites (N-methyl/N-ethyl adjacent to an activating group) is 1. The Balaban J connectivity index is 1.21. The number of aliphatic hydroxyl groups is 1. The lowest BCUT2D eigenvalue weighted by atomic mass is 9.66. The Labute approximate surface area is 255 Å². The molecular weight excluding hydrogens is 542 g/mol. The Morgan fingerprint density at radius 2 is 1.77 bits per heavy atom. The van der Waals surface area contributed by atoms with E-state index in [1.165, 1.54) is 30.4 Å². The van der Waals surface area contributed by atoms with Gasteiger partial charge in [0.1, 0.15) is 23.8 Å². The first-order valence-electron chi connectivity index (χ1n) is 16.3. The van der Waals surface area contributed by atoms with Crippen LogP contribution in [0.25, 0.3) is 0 Å². The van der Waals surface area contributed by atoms with E-state index >= 15 is 0 Å². The number of rotatable bonds is 12. The van der Waals surface area contributed by atoms with Gasteiger partial charge in [0.05, 0.1) is 5.41 Å². The Hall–Kier alpha value is -2.82. The molecule has 234 valence electrons. The summed E-state index contributed by atoms with van der Waals surface area (Å²) in [5.74, 6) is 1.03. The first kappa shape index (κ1) is 30.2. The summed E-state index contributed by atoms with van der Waals surface area (Å²) in [6.07, 6.45) is 12.7. The number of nitrogens with zero attached hydrogens (tertiary/aromatic N) is 4. The van der Waals surface area contributed by atoms with E-state index in [2.05, 4.69) is 51.8 Å². The molecule has 3 aliphatic carbocycles. The molecule has 43 heavy (non-hydrogen) atoms. The van der Waals surface area contributed by atoms with Gasteiger partial charge in [0.25, 0.3) is 5.91 Å². The van der Waals surface area contributed by atoms with E-state index in [-0.39, 0.29) is 29.2 Å². The molecule has 10 heteroatoms. The average molecular weight is 592 g/mol. The minimum absolute atomic E-state index is 0.0464. The second kappa shape index (κ2) is 11.9. The van der Waals surface area contributed by atoms with Gasteiger partial charge in [-0.05, 0) is 93.5 Å². The summed E-state index contributed by atoms with van der Waals surface area (Å²) in [6, 6.07) is 5.10. The molecule has 6 rings (SSSR count). The Morgan fingerprint density at radius 1 is 1.05 bits per heavy atom. The molecule has 2 aromatic heterocycles. The molecule has 10 nitrogen and oxygen atoms in total. The molecule has 2 aromatic rings. The van der Waals surface area contributed by atoms with Crippen molar-refractivity contribution in [2.45, 2.75) is 95.4 Å². The van der Waals surface area contributed by atoms with Gasteiger partial charge in [-0.1, -0.05) is 38.7 Å². The SMILES string of the molecule is CC(NC(O)C1(c2ccc(NC(=O)[C@@H](NC(=O)c3ccnn3C)C(C3CCC3)C3(C)CC3)nc2)CCN(C)C1)C1CCC1. The lowest BCUT2D eigenvalue weighted by Crippen LogP contribution is -2.54. The zero-order chi connectivity index (χ0) is 30.4. The molecule has 0 radical (unpaired) electrons. The summed E-state index contributed by atoms with van der Waals surface area (Å²) in [6.45, 7) is 6.06. The van der Waals surface area contributed by atoms with Gasteiger partial charge in [-0.25, -0.2) is 4.98 Å². The third kappa shape index (κ3) is 5.98. The first-order chi connectivity index (χ1) is 20.6. The summed E-state index contributed by atoms with van der Waals surface area (Å²) in [4.78, 5) is 34.3. The van der Waals surface area contributed by atoms with Crippen LogP contribution in [0.1, 0.15) is 87.7 Å². The van der Waals surface area contributed by atoms with Gasteiger partial charge in [-0.2, -0.15) is 5.10 Å². The van der Waals surface area contributed by atoms with E-state index in [0.29, 0.717) is 23.3 Å². The van der Waals surface area contributed by atoms with E-state index in [4.69, 9.17) is 0 Å². The van der Waals surface area contributed by atoms with E-state index in [1.807, 2.05) is 18.3 Å². The van der Waals surface area contributed by atoms with Crippen molar-refractivity contribution < 1.29 is 14.7 Å². The molecule has 0 bridgehead atoms. The molecule has 0 aromatic carbocycles. The lowest BCUT2D eigenvalue weighted by molar-refractivity contribution is -0.121. The number of aliphatic hydroxyl groups excluding tert-OH is 1. The Bertz CT molecular complexity index is 1300. The molecule has 0 spiro atoms. The van der Waals surface area contributed by atoms with Crippen LogP contribution in [0.15, 0.2) is 30.6 Å². The molecule has 2 amide bonds. The van der Waals surface area contributed by atoms with Gasteiger partial charge >= 0.3 is 0 Å². The van der Waals surface area contributed by atoms with E-state index < -0.39 is 17.7 Å². The summed E-state index contributed by atoms with van der Waals surface area (Å²) >= 11 is 0. The van der Waals surface area contributed by atoms with E-state index in [9.17, 15) is 14.7 Å².